The highest BCUT2D eigenvalue weighted by molar-refractivity contribution is 6.07. The number of nitrogens with one attached hydrogen (secondary N) is 1. The number of benzene rings is 1. The third-order valence-corrected chi connectivity index (χ3v) is 2.72. The van der Waals surface area contributed by atoms with Gasteiger partial charge < -0.3 is 20.5 Å². The Bertz CT molecular complexity index is 629. The number of carbonyl (C=O) groups is 1. The summed E-state index contributed by atoms with van der Waals surface area (Å²) in [5.41, 5.74) is 7.12. The van der Waals surface area contributed by atoms with Crippen LogP contribution in [-0.4, -0.2) is 25.1 Å². The molecule has 1 aromatic heterocycles. The molecule has 0 radical (unpaired) electrons. The van der Waals surface area contributed by atoms with Gasteiger partial charge in [0.1, 0.15) is 11.5 Å². The summed E-state index contributed by atoms with van der Waals surface area (Å²) >= 11 is 0. The van der Waals surface area contributed by atoms with Gasteiger partial charge in [-0.2, -0.15) is 0 Å². The maximum Gasteiger partial charge on any atom is 0.259 e. The van der Waals surface area contributed by atoms with Crippen LogP contribution in [0.4, 0.5) is 11.4 Å². The Kier molecular flexibility index (Phi) is 4.05. The first-order valence-electron chi connectivity index (χ1n) is 5.88. The summed E-state index contributed by atoms with van der Waals surface area (Å²) in [4.78, 5) is 16.2. The predicted molar refractivity (Wildman–Crippen MR) is 76.1 cm³/mol. The second-order valence-corrected chi connectivity index (χ2v) is 3.99. The zero-order valence-electron chi connectivity index (χ0n) is 11.2. The fourth-order valence-electron chi connectivity index (χ4n) is 1.74. The van der Waals surface area contributed by atoms with Crippen molar-refractivity contribution >= 4 is 17.3 Å². The Morgan fingerprint density at radius 3 is 2.65 bits per heavy atom. The number of pyridine rings is 1. The van der Waals surface area contributed by atoms with E-state index in [1.54, 1.807) is 24.3 Å². The average molecular weight is 273 g/mol. The van der Waals surface area contributed by atoms with Gasteiger partial charge in [0, 0.05) is 11.9 Å². The van der Waals surface area contributed by atoms with Gasteiger partial charge in [-0.25, -0.2) is 0 Å². The second kappa shape index (κ2) is 5.92. The molecule has 3 N–H and O–H groups in total. The van der Waals surface area contributed by atoms with Crippen LogP contribution in [0.5, 0.6) is 11.5 Å². The zero-order chi connectivity index (χ0) is 14.5. The number of hydrogen-bond donors (Lipinski definition) is 2. The molecule has 0 saturated heterocycles. The lowest BCUT2D eigenvalue weighted by atomic mass is 10.2. The number of nitrogen functional groups attached to an aromatic ring is 1. The number of amides is 1. The summed E-state index contributed by atoms with van der Waals surface area (Å²) in [6.07, 6.45) is 3.00. The number of nitrogens with two attached hydrogens (primary N) is 1. The van der Waals surface area contributed by atoms with Crippen LogP contribution in [0.2, 0.25) is 0 Å². The number of nitrogens with zero attached hydrogens (tertiary/aromatic N) is 1. The number of carbonyl (C=O) groups excluding carboxylic acids is 1. The van der Waals surface area contributed by atoms with Gasteiger partial charge >= 0.3 is 0 Å². The molecule has 2 rings (SSSR count). The first kappa shape index (κ1) is 13.7. The smallest absolute Gasteiger partial charge is 0.259 e. The standard InChI is InChI=1S/C14H15N3O3/c1-19-12-4-3-9(15)7-11(12)17-14(18)10-5-6-16-8-13(10)20-2/h3-8H,15H2,1-2H3,(H,17,18). The molecule has 1 amide bonds. The minimum atomic E-state index is -0.326. The molecule has 20 heavy (non-hydrogen) atoms. The molecular formula is C14H15N3O3. The van der Waals surface area contributed by atoms with Crippen molar-refractivity contribution in [2.24, 2.45) is 0 Å². The third-order valence-electron chi connectivity index (χ3n) is 2.72. The van der Waals surface area contributed by atoms with Crippen molar-refractivity contribution < 1.29 is 14.3 Å². The fraction of sp³-hybridized carbons (Fsp3) is 0.143. The van der Waals surface area contributed by atoms with Crippen molar-refractivity contribution in [2.75, 3.05) is 25.3 Å². The maximum atomic E-state index is 12.3. The number of ether oxygens (including phenoxy) is 2. The molecule has 0 spiro atoms. The molecule has 104 valence electrons. The van der Waals surface area contributed by atoms with Crippen LogP contribution >= 0.6 is 0 Å². The molecule has 0 aliphatic heterocycles. The molecule has 6 nitrogen and oxygen atoms in total. The lowest BCUT2D eigenvalue weighted by Gasteiger charge is -2.12. The zero-order valence-corrected chi connectivity index (χ0v) is 11.2. The van der Waals surface area contributed by atoms with E-state index in [4.69, 9.17) is 15.2 Å². The molecule has 0 unspecified atom stereocenters. The van der Waals surface area contributed by atoms with Crippen molar-refractivity contribution in [1.29, 1.82) is 0 Å². The Balaban J connectivity index is 2.30. The fourth-order valence-corrected chi connectivity index (χ4v) is 1.74. The summed E-state index contributed by atoms with van der Waals surface area (Å²) in [5, 5.41) is 2.74. The number of rotatable bonds is 4. The van der Waals surface area contributed by atoms with Crippen molar-refractivity contribution in [1.82, 2.24) is 4.98 Å². The Hall–Kier alpha value is -2.76. The van der Waals surface area contributed by atoms with Crippen LogP contribution in [-0.2, 0) is 0 Å². The molecule has 0 aliphatic carbocycles. The summed E-state index contributed by atoms with van der Waals surface area (Å²) in [6.45, 7) is 0. The highest BCUT2D eigenvalue weighted by atomic mass is 16.5. The summed E-state index contributed by atoms with van der Waals surface area (Å²) in [6, 6.07) is 6.59. The van der Waals surface area contributed by atoms with E-state index in [9.17, 15) is 4.79 Å². The molecule has 6 heteroatoms. The number of anilines is 2. The summed E-state index contributed by atoms with van der Waals surface area (Å²) < 4.78 is 10.3. The molecule has 0 bridgehead atoms. The minimum Gasteiger partial charge on any atom is -0.495 e. The van der Waals surface area contributed by atoms with Crippen molar-refractivity contribution in [3.63, 3.8) is 0 Å². The maximum absolute atomic E-state index is 12.3. The Labute approximate surface area is 116 Å². The number of hydrogen-bond acceptors (Lipinski definition) is 5. The van der Waals surface area contributed by atoms with Crippen molar-refractivity contribution in [3.05, 3.63) is 42.2 Å². The SMILES string of the molecule is COc1ccc(N)cc1NC(=O)c1ccncc1OC. The lowest BCUT2D eigenvalue weighted by Crippen LogP contribution is -2.14. The van der Waals surface area contributed by atoms with Crippen LogP contribution in [0, 0.1) is 0 Å². The molecule has 0 aliphatic rings. The van der Waals surface area contributed by atoms with Gasteiger partial charge in [-0.1, -0.05) is 0 Å². The molecule has 1 aromatic carbocycles. The van der Waals surface area contributed by atoms with Gasteiger partial charge in [0.2, 0.25) is 0 Å². The highest BCUT2D eigenvalue weighted by Gasteiger charge is 2.14. The number of methoxy groups -OCH3 is 2. The average Bonchev–Trinajstić information content (AvgIpc) is 2.47. The molecular weight excluding hydrogens is 258 g/mol. The van der Waals surface area contributed by atoms with E-state index < -0.39 is 0 Å². The summed E-state index contributed by atoms with van der Waals surface area (Å²) in [5.74, 6) is 0.599. The van der Waals surface area contributed by atoms with Gasteiger partial charge in [-0.15, -0.1) is 0 Å². The topological polar surface area (TPSA) is 86.5 Å². The Morgan fingerprint density at radius 2 is 1.95 bits per heavy atom. The Morgan fingerprint density at radius 1 is 1.20 bits per heavy atom. The molecule has 0 fully saturated rings. The van der Waals surface area contributed by atoms with Crippen LogP contribution in [0.15, 0.2) is 36.7 Å². The lowest BCUT2D eigenvalue weighted by molar-refractivity contribution is 0.102. The van der Waals surface area contributed by atoms with E-state index in [1.807, 2.05) is 0 Å². The minimum absolute atomic E-state index is 0.326. The number of aromatic nitrogens is 1. The molecule has 1 heterocycles. The largest absolute Gasteiger partial charge is 0.495 e. The quantitative estimate of drug-likeness (QED) is 0.831. The van der Waals surface area contributed by atoms with Crippen LogP contribution < -0.4 is 20.5 Å². The first-order valence-corrected chi connectivity index (χ1v) is 5.88. The van der Waals surface area contributed by atoms with E-state index >= 15 is 0 Å². The molecule has 0 saturated carbocycles. The van der Waals surface area contributed by atoms with E-state index in [0.29, 0.717) is 28.4 Å². The van der Waals surface area contributed by atoms with Crippen LogP contribution in [0.3, 0.4) is 0 Å². The van der Waals surface area contributed by atoms with E-state index in [-0.39, 0.29) is 5.91 Å². The molecule has 2 aromatic rings. The predicted octanol–water partition coefficient (Wildman–Crippen LogP) is 1.93. The van der Waals surface area contributed by atoms with Gasteiger partial charge in [-0.05, 0) is 24.3 Å². The van der Waals surface area contributed by atoms with Crippen molar-refractivity contribution in [3.8, 4) is 11.5 Å². The van der Waals surface area contributed by atoms with Gasteiger partial charge in [0.15, 0.2) is 0 Å². The van der Waals surface area contributed by atoms with Gasteiger partial charge in [0.25, 0.3) is 5.91 Å². The van der Waals surface area contributed by atoms with Crippen molar-refractivity contribution in [2.45, 2.75) is 0 Å². The second-order valence-electron chi connectivity index (χ2n) is 3.99. The summed E-state index contributed by atoms with van der Waals surface area (Å²) in [7, 11) is 3.00. The third kappa shape index (κ3) is 2.80. The molecule has 0 atom stereocenters. The van der Waals surface area contributed by atoms with Gasteiger partial charge in [0.05, 0.1) is 31.7 Å². The van der Waals surface area contributed by atoms with E-state index in [2.05, 4.69) is 10.3 Å². The van der Waals surface area contributed by atoms with E-state index in [1.165, 1.54) is 26.6 Å². The first-order chi connectivity index (χ1) is 9.65. The van der Waals surface area contributed by atoms with Crippen LogP contribution in [0.1, 0.15) is 10.4 Å². The monoisotopic (exact) mass is 273 g/mol. The van der Waals surface area contributed by atoms with Crippen LogP contribution in [0.25, 0.3) is 0 Å². The normalized spacial score (nSPS) is 9.90. The van der Waals surface area contributed by atoms with Gasteiger partial charge in [-0.3, -0.25) is 9.78 Å². The van der Waals surface area contributed by atoms with E-state index in [0.717, 1.165) is 0 Å². The highest BCUT2D eigenvalue weighted by Crippen LogP contribution is 2.27.